The molecule has 0 spiro atoms. The van der Waals surface area contributed by atoms with Gasteiger partial charge in [-0.1, -0.05) is 12.1 Å². The molecule has 0 aliphatic carbocycles. The van der Waals surface area contributed by atoms with Crippen LogP contribution in [0.25, 0.3) is 11.4 Å². The quantitative estimate of drug-likeness (QED) is 0.879. The summed E-state index contributed by atoms with van der Waals surface area (Å²) in [7, 11) is 1.63. The lowest BCUT2D eigenvalue weighted by molar-refractivity contribution is 0.415. The van der Waals surface area contributed by atoms with E-state index in [1.807, 2.05) is 24.3 Å². The molecule has 1 aromatic heterocycles. The molecular weight excluding hydrogens is 234 g/mol. The van der Waals surface area contributed by atoms with E-state index in [1.165, 1.54) is 11.5 Å². The normalized spacial score (nSPS) is 9.40. The predicted molar refractivity (Wildman–Crippen MR) is 63.6 cm³/mol. The monoisotopic (exact) mass is 243 g/mol. The fraction of sp³-hybridized carbons (Fsp3) is 0.111. The van der Waals surface area contributed by atoms with Gasteiger partial charge in [0.05, 0.1) is 7.11 Å². The number of nitrogens with two attached hydrogens (primary N) is 1. The second-order valence-electron chi connectivity index (χ2n) is 2.69. The average Bonchev–Trinajstić information content (AvgIpc) is 2.65. The van der Waals surface area contributed by atoms with Gasteiger partial charge >= 0.3 is 0 Å². The van der Waals surface area contributed by atoms with Crippen molar-refractivity contribution in [2.45, 2.75) is 0 Å². The topological polar surface area (TPSA) is 61.0 Å². The first-order valence-corrected chi connectivity index (χ1v) is 4.80. The van der Waals surface area contributed by atoms with Crippen molar-refractivity contribution >= 4 is 29.1 Å². The van der Waals surface area contributed by atoms with E-state index in [0.29, 0.717) is 11.0 Å². The van der Waals surface area contributed by atoms with Crippen molar-refractivity contribution in [3.05, 3.63) is 24.3 Å². The number of hydrogen-bond acceptors (Lipinski definition) is 5. The molecule has 0 unspecified atom stereocenters. The van der Waals surface area contributed by atoms with E-state index in [0.717, 1.165) is 11.3 Å². The van der Waals surface area contributed by atoms with Crippen LogP contribution >= 0.6 is 23.9 Å². The van der Waals surface area contributed by atoms with Gasteiger partial charge in [0.25, 0.3) is 0 Å². The van der Waals surface area contributed by atoms with E-state index in [1.54, 1.807) is 7.11 Å². The number of rotatable bonds is 2. The third-order valence-corrected chi connectivity index (χ3v) is 2.31. The van der Waals surface area contributed by atoms with Gasteiger partial charge in [-0.15, -0.1) is 12.4 Å². The Balaban J connectivity index is 0.00000112. The fourth-order valence-corrected chi connectivity index (χ4v) is 1.57. The largest absolute Gasteiger partial charge is 0.497 e. The molecule has 0 saturated heterocycles. The predicted octanol–water partition coefficient (Wildman–Crippen LogP) is 2.22. The molecule has 0 radical (unpaired) electrons. The van der Waals surface area contributed by atoms with Crippen LogP contribution in [0.5, 0.6) is 5.75 Å². The number of halogens is 1. The van der Waals surface area contributed by atoms with E-state index in [2.05, 4.69) is 9.36 Å². The summed E-state index contributed by atoms with van der Waals surface area (Å²) >= 11 is 1.19. The molecular formula is C9H10ClN3OS. The molecule has 0 aliphatic rings. The highest BCUT2D eigenvalue weighted by Gasteiger charge is 2.04. The lowest BCUT2D eigenvalue weighted by Crippen LogP contribution is -1.86. The first-order chi connectivity index (χ1) is 6.79. The van der Waals surface area contributed by atoms with Gasteiger partial charge in [-0.2, -0.15) is 9.36 Å². The third kappa shape index (κ3) is 2.57. The molecule has 15 heavy (non-hydrogen) atoms. The molecule has 2 rings (SSSR count). The first kappa shape index (κ1) is 11.7. The maximum absolute atomic E-state index is 5.50. The van der Waals surface area contributed by atoms with Gasteiger partial charge in [-0.3, -0.25) is 0 Å². The molecule has 1 aromatic carbocycles. The van der Waals surface area contributed by atoms with Crippen molar-refractivity contribution in [3.63, 3.8) is 0 Å². The van der Waals surface area contributed by atoms with Crippen molar-refractivity contribution in [2.24, 2.45) is 0 Å². The second kappa shape index (κ2) is 4.95. The van der Waals surface area contributed by atoms with Crippen molar-refractivity contribution in [1.82, 2.24) is 9.36 Å². The van der Waals surface area contributed by atoms with Crippen LogP contribution in [0.4, 0.5) is 5.13 Å². The number of ether oxygens (including phenoxy) is 1. The van der Waals surface area contributed by atoms with E-state index in [4.69, 9.17) is 10.5 Å². The molecule has 0 atom stereocenters. The summed E-state index contributed by atoms with van der Waals surface area (Å²) in [6.45, 7) is 0. The second-order valence-corrected chi connectivity index (χ2v) is 3.47. The van der Waals surface area contributed by atoms with Gasteiger partial charge in [-0.25, -0.2) is 0 Å². The van der Waals surface area contributed by atoms with Gasteiger partial charge in [-0.05, 0) is 12.1 Å². The zero-order valence-corrected chi connectivity index (χ0v) is 9.64. The zero-order chi connectivity index (χ0) is 9.97. The van der Waals surface area contributed by atoms with Crippen molar-refractivity contribution in [3.8, 4) is 17.1 Å². The van der Waals surface area contributed by atoms with Gasteiger partial charge in [0, 0.05) is 17.1 Å². The number of hydrogen-bond donors (Lipinski definition) is 1. The Labute approximate surface area is 97.7 Å². The van der Waals surface area contributed by atoms with Crippen LogP contribution in [-0.2, 0) is 0 Å². The molecule has 2 aromatic rings. The Morgan fingerprint density at radius 3 is 2.80 bits per heavy atom. The molecule has 6 heteroatoms. The van der Waals surface area contributed by atoms with Crippen LogP contribution < -0.4 is 10.5 Å². The maximum atomic E-state index is 5.50. The van der Waals surface area contributed by atoms with Crippen LogP contribution in [0.2, 0.25) is 0 Å². The molecule has 4 nitrogen and oxygen atoms in total. The average molecular weight is 244 g/mol. The van der Waals surface area contributed by atoms with Crippen LogP contribution in [0.15, 0.2) is 24.3 Å². The number of anilines is 1. The Morgan fingerprint density at radius 1 is 1.40 bits per heavy atom. The number of aromatic nitrogens is 2. The summed E-state index contributed by atoms with van der Waals surface area (Å²) in [6.07, 6.45) is 0. The number of benzene rings is 1. The van der Waals surface area contributed by atoms with E-state index < -0.39 is 0 Å². The van der Waals surface area contributed by atoms with E-state index in [-0.39, 0.29) is 12.4 Å². The minimum atomic E-state index is 0. The Hall–Kier alpha value is -1.33. The molecule has 1 heterocycles. The highest BCUT2D eigenvalue weighted by Crippen LogP contribution is 2.22. The van der Waals surface area contributed by atoms with Crippen molar-refractivity contribution in [1.29, 1.82) is 0 Å². The molecule has 0 aliphatic heterocycles. The van der Waals surface area contributed by atoms with Crippen molar-refractivity contribution < 1.29 is 4.74 Å². The number of methoxy groups -OCH3 is 1. The summed E-state index contributed by atoms with van der Waals surface area (Å²) < 4.78 is 9.21. The molecule has 0 saturated carbocycles. The highest BCUT2D eigenvalue weighted by molar-refractivity contribution is 7.09. The van der Waals surface area contributed by atoms with Gasteiger partial charge in [0.15, 0.2) is 11.0 Å². The Morgan fingerprint density at radius 2 is 2.20 bits per heavy atom. The van der Waals surface area contributed by atoms with Gasteiger partial charge in [0.1, 0.15) is 5.75 Å². The number of nitrogens with zero attached hydrogens (tertiary/aromatic N) is 2. The summed E-state index contributed by atoms with van der Waals surface area (Å²) in [5.74, 6) is 1.43. The van der Waals surface area contributed by atoms with Crippen molar-refractivity contribution in [2.75, 3.05) is 12.8 Å². The van der Waals surface area contributed by atoms with Gasteiger partial charge < -0.3 is 10.5 Å². The van der Waals surface area contributed by atoms with Crippen LogP contribution in [-0.4, -0.2) is 16.5 Å². The SMILES string of the molecule is COc1cccc(-c2nsc(N)n2)c1.Cl. The first-order valence-electron chi connectivity index (χ1n) is 4.03. The Bertz CT molecular complexity index is 446. The van der Waals surface area contributed by atoms with Crippen LogP contribution in [0, 0.1) is 0 Å². The third-order valence-electron chi connectivity index (χ3n) is 1.77. The van der Waals surface area contributed by atoms with E-state index in [9.17, 15) is 0 Å². The Kier molecular flexibility index (Phi) is 3.88. The molecule has 0 amide bonds. The number of nitrogen functional groups attached to an aromatic ring is 1. The molecule has 0 fully saturated rings. The standard InChI is InChI=1S/C9H9N3OS.ClH/c1-13-7-4-2-3-6(5-7)8-11-9(10)14-12-8;/h2-5H,1H3,(H2,10,11,12);1H. The van der Waals surface area contributed by atoms with Crippen LogP contribution in [0.3, 0.4) is 0 Å². The fourth-order valence-electron chi connectivity index (χ4n) is 1.11. The zero-order valence-electron chi connectivity index (χ0n) is 8.01. The summed E-state index contributed by atoms with van der Waals surface area (Å²) in [5, 5.41) is 0.475. The summed E-state index contributed by atoms with van der Waals surface area (Å²) in [6, 6.07) is 7.57. The minimum absolute atomic E-state index is 0. The smallest absolute Gasteiger partial charge is 0.200 e. The van der Waals surface area contributed by atoms with Crippen LogP contribution in [0.1, 0.15) is 0 Å². The summed E-state index contributed by atoms with van der Waals surface area (Å²) in [5.41, 5.74) is 6.41. The van der Waals surface area contributed by atoms with Gasteiger partial charge in [0.2, 0.25) is 0 Å². The van der Waals surface area contributed by atoms with E-state index >= 15 is 0 Å². The maximum Gasteiger partial charge on any atom is 0.200 e. The molecule has 80 valence electrons. The highest BCUT2D eigenvalue weighted by atomic mass is 35.5. The molecule has 0 bridgehead atoms. The lowest BCUT2D eigenvalue weighted by atomic mass is 10.2. The lowest BCUT2D eigenvalue weighted by Gasteiger charge is -2.00. The minimum Gasteiger partial charge on any atom is -0.497 e. The summed E-state index contributed by atoms with van der Waals surface area (Å²) in [4.78, 5) is 4.09. The molecule has 2 N–H and O–H groups in total.